The van der Waals surface area contributed by atoms with Gasteiger partial charge >= 0.3 is 0 Å². The summed E-state index contributed by atoms with van der Waals surface area (Å²) in [6, 6.07) is 4.85. The zero-order valence-electron chi connectivity index (χ0n) is 12.9. The lowest BCUT2D eigenvalue weighted by Crippen LogP contribution is -2.36. The van der Waals surface area contributed by atoms with E-state index in [1.54, 1.807) is 0 Å². The highest BCUT2D eigenvalue weighted by Crippen LogP contribution is 2.35. The van der Waals surface area contributed by atoms with Crippen LogP contribution in [-0.4, -0.2) is 17.6 Å². The molecule has 0 aliphatic heterocycles. The first-order valence-corrected chi connectivity index (χ1v) is 8.67. The summed E-state index contributed by atoms with van der Waals surface area (Å²) >= 11 is 3.46. The molecule has 1 aliphatic carbocycles. The topological polar surface area (TPSA) is 24.9 Å². The zero-order chi connectivity index (χ0) is 14.5. The lowest BCUT2D eigenvalue weighted by Gasteiger charge is -2.35. The van der Waals surface area contributed by atoms with E-state index in [2.05, 4.69) is 59.1 Å². The van der Waals surface area contributed by atoms with Gasteiger partial charge in [0, 0.05) is 22.4 Å². The fourth-order valence-corrected chi connectivity index (χ4v) is 3.50. The van der Waals surface area contributed by atoms with Crippen molar-refractivity contribution in [3.8, 4) is 0 Å². The number of rotatable bonds is 5. The van der Waals surface area contributed by atoms with Crippen molar-refractivity contribution in [1.29, 1.82) is 0 Å². The van der Waals surface area contributed by atoms with E-state index in [9.17, 15) is 0 Å². The summed E-state index contributed by atoms with van der Waals surface area (Å²) in [4.78, 5) is 4.56. The van der Waals surface area contributed by atoms with Gasteiger partial charge in [-0.1, -0.05) is 27.2 Å². The van der Waals surface area contributed by atoms with Crippen molar-refractivity contribution >= 4 is 15.9 Å². The number of aromatic nitrogens is 1. The molecule has 1 aliphatic rings. The number of pyridine rings is 1. The molecule has 3 unspecified atom stereocenters. The molecule has 0 radical (unpaired) electrons. The summed E-state index contributed by atoms with van der Waals surface area (Å²) in [5.74, 6) is 2.45. The Bertz CT molecular complexity index is 402. The molecular formula is C17H27BrN2. The molecule has 3 atom stereocenters. The van der Waals surface area contributed by atoms with Crippen molar-refractivity contribution in [1.82, 2.24) is 10.3 Å². The van der Waals surface area contributed by atoms with Crippen LogP contribution in [0.15, 0.2) is 22.8 Å². The van der Waals surface area contributed by atoms with Crippen LogP contribution in [-0.2, 0) is 6.42 Å². The summed E-state index contributed by atoms with van der Waals surface area (Å²) < 4.78 is 1.07. The molecule has 20 heavy (non-hydrogen) atoms. The molecule has 0 spiro atoms. The van der Waals surface area contributed by atoms with Crippen LogP contribution in [0.4, 0.5) is 0 Å². The third-order valence-corrected chi connectivity index (χ3v) is 4.92. The van der Waals surface area contributed by atoms with Gasteiger partial charge in [-0.3, -0.25) is 4.98 Å². The second kappa shape index (κ2) is 7.56. The van der Waals surface area contributed by atoms with Crippen molar-refractivity contribution < 1.29 is 0 Å². The molecule has 0 amide bonds. The molecule has 0 aromatic carbocycles. The Kier molecular flexibility index (Phi) is 6.03. The van der Waals surface area contributed by atoms with Gasteiger partial charge in [0.2, 0.25) is 0 Å². The van der Waals surface area contributed by atoms with E-state index < -0.39 is 0 Å². The molecule has 2 rings (SSSR count). The van der Waals surface area contributed by atoms with Crippen LogP contribution < -0.4 is 5.32 Å². The van der Waals surface area contributed by atoms with Crippen LogP contribution in [0.5, 0.6) is 0 Å². The second-order valence-corrected chi connectivity index (χ2v) is 7.59. The highest BCUT2D eigenvalue weighted by atomic mass is 79.9. The molecule has 3 heteroatoms. The Balaban J connectivity index is 1.98. The zero-order valence-corrected chi connectivity index (χ0v) is 14.5. The molecule has 1 N–H and O–H groups in total. The molecular weight excluding hydrogens is 312 g/mol. The van der Waals surface area contributed by atoms with Crippen molar-refractivity contribution in [3.63, 3.8) is 0 Å². The average molecular weight is 339 g/mol. The van der Waals surface area contributed by atoms with Crippen LogP contribution in [0.1, 0.15) is 45.7 Å². The predicted molar refractivity (Wildman–Crippen MR) is 88.8 cm³/mol. The van der Waals surface area contributed by atoms with Crippen LogP contribution in [0.2, 0.25) is 0 Å². The van der Waals surface area contributed by atoms with E-state index in [0.717, 1.165) is 35.2 Å². The Morgan fingerprint density at radius 1 is 1.30 bits per heavy atom. The normalized spacial score (nSPS) is 26.9. The summed E-state index contributed by atoms with van der Waals surface area (Å²) in [5, 5.41) is 3.63. The first-order valence-electron chi connectivity index (χ1n) is 7.88. The molecule has 1 aromatic heterocycles. The number of nitrogens with one attached hydrogen (secondary N) is 1. The number of nitrogens with zero attached hydrogens (tertiary/aromatic N) is 1. The third-order valence-electron chi connectivity index (χ3n) is 4.45. The minimum absolute atomic E-state index is 0.584. The SMILES string of the molecule is CC1CCC(CNC(C)C)C(Cc2ccc(Br)cn2)C1. The minimum atomic E-state index is 0.584. The molecule has 0 bridgehead atoms. The smallest absolute Gasteiger partial charge is 0.0413 e. The van der Waals surface area contributed by atoms with Gasteiger partial charge in [0.25, 0.3) is 0 Å². The van der Waals surface area contributed by atoms with Crippen LogP contribution in [0.25, 0.3) is 0 Å². The molecule has 112 valence electrons. The Labute approximate surface area is 131 Å². The summed E-state index contributed by atoms with van der Waals surface area (Å²) in [5.41, 5.74) is 1.24. The van der Waals surface area contributed by atoms with Gasteiger partial charge in [0.05, 0.1) is 0 Å². The lowest BCUT2D eigenvalue weighted by molar-refractivity contribution is 0.180. The highest BCUT2D eigenvalue weighted by molar-refractivity contribution is 9.10. The summed E-state index contributed by atoms with van der Waals surface area (Å²) in [7, 11) is 0. The summed E-state index contributed by atoms with van der Waals surface area (Å²) in [6.45, 7) is 8.02. The first kappa shape index (κ1) is 16.0. The van der Waals surface area contributed by atoms with Gasteiger partial charge in [0.15, 0.2) is 0 Å². The Hall–Kier alpha value is -0.410. The molecule has 1 saturated carbocycles. The van der Waals surface area contributed by atoms with Crippen LogP contribution in [0, 0.1) is 17.8 Å². The molecule has 0 saturated heterocycles. The predicted octanol–water partition coefficient (Wildman–Crippen LogP) is 4.44. The van der Waals surface area contributed by atoms with E-state index in [1.165, 1.54) is 25.0 Å². The molecule has 1 aromatic rings. The number of hydrogen-bond acceptors (Lipinski definition) is 2. The molecule has 2 nitrogen and oxygen atoms in total. The van der Waals surface area contributed by atoms with Gasteiger partial charge < -0.3 is 5.32 Å². The molecule has 1 heterocycles. The van der Waals surface area contributed by atoms with Gasteiger partial charge in [-0.2, -0.15) is 0 Å². The average Bonchev–Trinajstić information content (AvgIpc) is 2.40. The van der Waals surface area contributed by atoms with E-state index in [0.29, 0.717) is 6.04 Å². The number of hydrogen-bond donors (Lipinski definition) is 1. The van der Waals surface area contributed by atoms with E-state index in [1.807, 2.05) is 6.20 Å². The van der Waals surface area contributed by atoms with E-state index in [4.69, 9.17) is 0 Å². The maximum absolute atomic E-state index is 4.56. The van der Waals surface area contributed by atoms with Crippen molar-refractivity contribution in [2.24, 2.45) is 17.8 Å². The van der Waals surface area contributed by atoms with Gasteiger partial charge in [-0.15, -0.1) is 0 Å². The standard InChI is InChI=1S/C17H27BrN2/c1-12(2)19-10-14-5-4-13(3)8-15(14)9-17-7-6-16(18)11-20-17/h6-7,11-15,19H,4-5,8-10H2,1-3H3. The van der Waals surface area contributed by atoms with Crippen molar-refractivity contribution in [2.45, 2.75) is 52.5 Å². The second-order valence-electron chi connectivity index (χ2n) is 6.67. The maximum Gasteiger partial charge on any atom is 0.0413 e. The fourth-order valence-electron chi connectivity index (χ4n) is 3.26. The van der Waals surface area contributed by atoms with Crippen LogP contribution >= 0.6 is 15.9 Å². The van der Waals surface area contributed by atoms with E-state index >= 15 is 0 Å². The fraction of sp³-hybridized carbons (Fsp3) is 0.706. The minimum Gasteiger partial charge on any atom is -0.314 e. The monoisotopic (exact) mass is 338 g/mol. The lowest BCUT2D eigenvalue weighted by atomic mass is 9.72. The molecule has 1 fully saturated rings. The van der Waals surface area contributed by atoms with Crippen molar-refractivity contribution in [3.05, 3.63) is 28.5 Å². The number of halogens is 1. The largest absolute Gasteiger partial charge is 0.314 e. The van der Waals surface area contributed by atoms with Gasteiger partial charge in [-0.25, -0.2) is 0 Å². The third kappa shape index (κ3) is 4.85. The quantitative estimate of drug-likeness (QED) is 0.858. The Morgan fingerprint density at radius 2 is 2.10 bits per heavy atom. The van der Waals surface area contributed by atoms with E-state index in [-0.39, 0.29) is 0 Å². The maximum atomic E-state index is 4.56. The highest BCUT2D eigenvalue weighted by Gasteiger charge is 2.28. The van der Waals surface area contributed by atoms with Crippen molar-refractivity contribution in [2.75, 3.05) is 6.54 Å². The first-order chi connectivity index (χ1) is 9.54. The van der Waals surface area contributed by atoms with Gasteiger partial charge in [0.1, 0.15) is 0 Å². The van der Waals surface area contributed by atoms with Crippen LogP contribution in [0.3, 0.4) is 0 Å². The van der Waals surface area contributed by atoms with Gasteiger partial charge in [-0.05, 0) is 71.6 Å². The Morgan fingerprint density at radius 3 is 2.75 bits per heavy atom. The summed E-state index contributed by atoms with van der Waals surface area (Å²) in [6.07, 6.45) is 7.14.